The van der Waals surface area contributed by atoms with Gasteiger partial charge < -0.3 is 15.4 Å². The zero-order valence-corrected chi connectivity index (χ0v) is 12.8. The first-order valence-corrected chi connectivity index (χ1v) is 6.36. The molecular formula is C14H24N2O4. The summed E-state index contributed by atoms with van der Waals surface area (Å²) in [7, 11) is 0. The summed E-state index contributed by atoms with van der Waals surface area (Å²) in [5.41, 5.74) is -1.43. The van der Waals surface area contributed by atoms with E-state index in [1.807, 2.05) is 13.8 Å². The van der Waals surface area contributed by atoms with Gasteiger partial charge in [0.2, 0.25) is 11.8 Å². The van der Waals surface area contributed by atoms with Gasteiger partial charge >= 0.3 is 5.97 Å². The van der Waals surface area contributed by atoms with Gasteiger partial charge in [0.25, 0.3) is 0 Å². The molecule has 0 spiro atoms. The molecule has 0 unspecified atom stereocenters. The molecule has 0 atom stereocenters. The molecule has 114 valence electrons. The van der Waals surface area contributed by atoms with Crippen LogP contribution in [-0.4, -0.2) is 36.5 Å². The lowest BCUT2D eigenvalue weighted by atomic mass is 9.94. The fourth-order valence-electron chi connectivity index (χ4n) is 1.30. The van der Waals surface area contributed by atoms with Crippen molar-refractivity contribution in [2.24, 2.45) is 5.41 Å². The highest BCUT2D eigenvalue weighted by Crippen LogP contribution is 2.14. The molecule has 0 saturated heterocycles. The van der Waals surface area contributed by atoms with Crippen LogP contribution in [0.4, 0.5) is 0 Å². The molecule has 6 nitrogen and oxygen atoms in total. The van der Waals surface area contributed by atoms with Gasteiger partial charge in [0.05, 0.1) is 6.61 Å². The molecule has 20 heavy (non-hydrogen) atoms. The van der Waals surface area contributed by atoms with Gasteiger partial charge in [0.15, 0.2) is 0 Å². The van der Waals surface area contributed by atoms with Crippen LogP contribution >= 0.6 is 0 Å². The van der Waals surface area contributed by atoms with Crippen LogP contribution in [0.25, 0.3) is 0 Å². The van der Waals surface area contributed by atoms with Crippen molar-refractivity contribution >= 4 is 17.8 Å². The normalized spacial score (nSPS) is 11.4. The molecule has 0 fully saturated rings. The van der Waals surface area contributed by atoms with Crippen molar-refractivity contribution in [2.75, 3.05) is 13.2 Å². The third kappa shape index (κ3) is 6.92. The Labute approximate surface area is 119 Å². The number of hydrogen-bond donors (Lipinski definition) is 2. The number of ether oxygens (including phenoxy) is 1. The summed E-state index contributed by atoms with van der Waals surface area (Å²) in [6.07, 6.45) is 1.11. The summed E-state index contributed by atoms with van der Waals surface area (Å²) in [6, 6.07) is 0. The molecule has 0 radical (unpaired) electrons. The molecule has 0 saturated carbocycles. The van der Waals surface area contributed by atoms with Crippen LogP contribution in [0, 0.1) is 5.41 Å². The van der Waals surface area contributed by atoms with Crippen molar-refractivity contribution in [3.05, 3.63) is 12.7 Å². The molecular weight excluding hydrogens is 260 g/mol. The van der Waals surface area contributed by atoms with E-state index in [1.165, 1.54) is 6.92 Å². The van der Waals surface area contributed by atoms with Crippen molar-refractivity contribution in [3.63, 3.8) is 0 Å². The van der Waals surface area contributed by atoms with Crippen LogP contribution < -0.4 is 10.6 Å². The fraction of sp³-hybridized carbons (Fsp3) is 0.643. The van der Waals surface area contributed by atoms with Gasteiger partial charge in [-0.25, -0.2) is 0 Å². The number of amides is 2. The number of esters is 1. The molecule has 0 aromatic carbocycles. The summed E-state index contributed by atoms with van der Waals surface area (Å²) in [6.45, 7) is 12.1. The number of carbonyl (C=O) groups excluding carboxylic acids is 3. The van der Waals surface area contributed by atoms with Crippen LogP contribution in [0.1, 0.15) is 34.6 Å². The maximum absolute atomic E-state index is 12.0. The Bertz CT molecular complexity index is 400. The largest absolute Gasteiger partial charge is 0.465 e. The smallest absolute Gasteiger partial charge is 0.302 e. The van der Waals surface area contributed by atoms with Crippen LogP contribution in [0.5, 0.6) is 0 Å². The summed E-state index contributed by atoms with van der Waals surface area (Å²) in [5, 5.41) is 5.27. The lowest BCUT2D eigenvalue weighted by Gasteiger charge is -2.29. The Morgan fingerprint density at radius 1 is 1.20 bits per heavy atom. The van der Waals surface area contributed by atoms with E-state index >= 15 is 0 Å². The number of nitrogens with one attached hydrogen (secondary N) is 2. The monoisotopic (exact) mass is 284 g/mol. The van der Waals surface area contributed by atoms with Crippen molar-refractivity contribution in [2.45, 2.75) is 40.2 Å². The quantitative estimate of drug-likeness (QED) is 0.534. The van der Waals surface area contributed by atoms with Crippen molar-refractivity contribution in [3.8, 4) is 0 Å². The summed E-state index contributed by atoms with van der Waals surface area (Å²) in [5.74, 6) is -1.09. The van der Waals surface area contributed by atoms with Gasteiger partial charge in [-0.05, 0) is 19.9 Å². The first-order valence-electron chi connectivity index (χ1n) is 6.36. The topological polar surface area (TPSA) is 84.5 Å². The maximum atomic E-state index is 12.0. The summed E-state index contributed by atoms with van der Waals surface area (Å²) >= 11 is 0. The Hall–Kier alpha value is -1.85. The van der Waals surface area contributed by atoms with E-state index < -0.39 is 11.4 Å². The first kappa shape index (κ1) is 18.1. The zero-order valence-electron chi connectivity index (χ0n) is 12.8. The molecule has 0 aliphatic rings. The maximum Gasteiger partial charge on any atom is 0.302 e. The van der Waals surface area contributed by atoms with E-state index in [0.29, 0.717) is 6.54 Å². The van der Waals surface area contributed by atoms with E-state index in [4.69, 9.17) is 4.74 Å². The molecule has 2 N–H and O–H groups in total. The van der Waals surface area contributed by atoms with E-state index in [2.05, 4.69) is 17.2 Å². The Balaban J connectivity index is 4.42. The lowest BCUT2D eigenvalue weighted by molar-refractivity contribution is -0.144. The second kappa shape index (κ2) is 7.07. The van der Waals surface area contributed by atoms with Crippen LogP contribution in [0.3, 0.4) is 0 Å². The minimum absolute atomic E-state index is 0.210. The summed E-state index contributed by atoms with van der Waals surface area (Å²) < 4.78 is 4.93. The highest BCUT2D eigenvalue weighted by atomic mass is 16.5. The first-order chi connectivity index (χ1) is 9.00. The second-order valence-electron chi connectivity index (χ2n) is 5.95. The lowest BCUT2D eigenvalue weighted by Crippen LogP contribution is -2.55. The molecule has 0 aliphatic heterocycles. The fourth-order valence-corrected chi connectivity index (χ4v) is 1.30. The third-order valence-electron chi connectivity index (χ3n) is 2.58. The number of carbonyl (C=O) groups is 3. The van der Waals surface area contributed by atoms with E-state index in [1.54, 1.807) is 13.8 Å². The van der Waals surface area contributed by atoms with Crippen molar-refractivity contribution in [1.29, 1.82) is 0 Å². The molecule has 0 aromatic heterocycles. The molecule has 0 rings (SSSR count). The van der Waals surface area contributed by atoms with Gasteiger partial charge in [-0.1, -0.05) is 20.4 Å². The molecule has 6 heteroatoms. The van der Waals surface area contributed by atoms with Gasteiger partial charge in [0.1, 0.15) is 5.54 Å². The van der Waals surface area contributed by atoms with Crippen LogP contribution in [-0.2, 0) is 19.1 Å². The molecule has 0 aliphatic carbocycles. The van der Waals surface area contributed by atoms with Crippen LogP contribution in [0.2, 0.25) is 0 Å². The SMILES string of the molecule is C=CC(=O)NC(C)(C)C(=O)NCC(C)(C)COC(C)=O. The van der Waals surface area contributed by atoms with Crippen molar-refractivity contribution < 1.29 is 19.1 Å². The number of hydrogen-bond acceptors (Lipinski definition) is 4. The Morgan fingerprint density at radius 2 is 1.75 bits per heavy atom. The minimum atomic E-state index is -1.04. The van der Waals surface area contributed by atoms with Gasteiger partial charge in [0, 0.05) is 18.9 Å². The average molecular weight is 284 g/mol. The standard InChI is InChI=1S/C14H24N2O4/c1-7-11(18)16-14(5,6)12(19)15-8-13(3,4)9-20-10(2)17/h7H,1,8-9H2,2-6H3,(H,15,19)(H,16,18). The highest BCUT2D eigenvalue weighted by Gasteiger charge is 2.30. The highest BCUT2D eigenvalue weighted by molar-refractivity contribution is 5.94. The average Bonchev–Trinajstić information content (AvgIpc) is 2.33. The van der Waals surface area contributed by atoms with Crippen LogP contribution in [0.15, 0.2) is 12.7 Å². The molecule has 0 bridgehead atoms. The molecule has 0 aromatic rings. The minimum Gasteiger partial charge on any atom is -0.465 e. The number of rotatable bonds is 7. The van der Waals surface area contributed by atoms with E-state index in [-0.39, 0.29) is 23.9 Å². The third-order valence-corrected chi connectivity index (χ3v) is 2.58. The summed E-state index contributed by atoms with van der Waals surface area (Å²) in [4.78, 5) is 34.1. The molecule has 2 amide bonds. The van der Waals surface area contributed by atoms with E-state index in [9.17, 15) is 14.4 Å². The van der Waals surface area contributed by atoms with Crippen molar-refractivity contribution in [1.82, 2.24) is 10.6 Å². The van der Waals surface area contributed by atoms with E-state index in [0.717, 1.165) is 6.08 Å². The predicted octanol–water partition coefficient (Wildman–Crippen LogP) is 0.773. The Kier molecular flexibility index (Phi) is 6.42. The second-order valence-corrected chi connectivity index (χ2v) is 5.95. The Morgan fingerprint density at radius 3 is 2.20 bits per heavy atom. The zero-order chi connectivity index (χ0) is 16.0. The van der Waals surface area contributed by atoms with Gasteiger partial charge in [-0.15, -0.1) is 0 Å². The molecule has 0 heterocycles. The van der Waals surface area contributed by atoms with Gasteiger partial charge in [-0.3, -0.25) is 14.4 Å². The van der Waals surface area contributed by atoms with Gasteiger partial charge in [-0.2, -0.15) is 0 Å². The predicted molar refractivity (Wildman–Crippen MR) is 75.8 cm³/mol.